The van der Waals surface area contributed by atoms with Crippen molar-refractivity contribution in [2.75, 3.05) is 13.2 Å². The van der Waals surface area contributed by atoms with Gasteiger partial charge in [0.25, 0.3) is 0 Å². The first kappa shape index (κ1) is 10.5. The van der Waals surface area contributed by atoms with Gasteiger partial charge in [0.05, 0.1) is 12.7 Å². The van der Waals surface area contributed by atoms with Gasteiger partial charge in [-0.1, -0.05) is 25.0 Å². The molecule has 1 aliphatic rings. The Morgan fingerprint density at radius 1 is 1.13 bits per heavy atom. The van der Waals surface area contributed by atoms with Crippen LogP contribution in [0.3, 0.4) is 0 Å². The molecule has 0 saturated heterocycles. The van der Waals surface area contributed by atoms with Gasteiger partial charge in [-0.15, -0.1) is 0 Å². The lowest BCUT2D eigenvalue weighted by Gasteiger charge is -2.11. The van der Waals surface area contributed by atoms with Crippen molar-refractivity contribution in [3.8, 4) is 5.75 Å². The second-order valence-electron chi connectivity index (χ2n) is 3.86. The molecule has 0 unspecified atom stereocenters. The summed E-state index contributed by atoms with van der Waals surface area (Å²) in [5.74, 6) is 0.892. The average Bonchev–Trinajstić information content (AvgIpc) is 2.79. The largest absolute Gasteiger partial charge is 0.491 e. The summed E-state index contributed by atoms with van der Waals surface area (Å²) < 4.78 is 11.2. The topological polar surface area (TPSA) is 18.5 Å². The van der Waals surface area contributed by atoms with Gasteiger partial charge in [0.15, 0.2) is 0 Å². The van der Waals surface area contributed by atoms with Crippen LogP contribution in [0.1, 0.15) is 25.7 Å². The van der Waals surface area contributed by atoms with Crippen molar-refractivity contribution in [3.05, 3.63) is 30.3 Å². The minimum Gasteiger partial charge on any atom is -0.491 e. The molecule has 81 valence electrons. The fourth-order valence-corrected chi connectivity index (χ4v) is 1.90. The number of rotatable bonds is 5. The van der Waals surface area contributed by atoms with Gasteiger partial charge in [-0.05, 0) is 31.0 Å². The molecule has 2 nitrogen and oxygen atoms in total. The van der Waals surface area contributed by atoms with Crippen molar-refractivity contribution in [1.29, 1.82) is 0 Å². The molecule has 1 saturated carbocycles. The highest BCUT2D eigenvalue weighted by Crippen LogP contribution is 2.20. The van der Waals surface area contributed by atoms with Gasteiger partial charge in [0.1, 0.15) is 12.4 Å². The van der Waals surface area contributed by atoms with Crippen LogP contribution in [0.5, 0.6) is 5.75 Å². The fourth-order valence-electron chi connectivity index (χ4n) is 1.90. The molecule has 1 aromatic rings. The summed E-state index contributed by atoms with van der Waals surface area (Å²) >= 11 is 0. The third-order valence-electron chi connectivity index (χ3n) is 2.70. The van der Waals surface area contributed by atoms with Crippen LogP contribution in [0.25, 0.3) is 0 Å². The number of benzene rings is 1. The first-order valence-electron chi connectivity index (χ1n) is 5.66. The second-order valence-corrected chi connectivity index (χ2v) is 3.86. The van der Waals surface area contributed by atoms with Crippen molar-refractivity contribution < 1.29 is 9.47 Å². The van der Waals surface area contributed by atoms with Gasteiger partial charge in [0.2, 0.25) is 0 Å². The first-order valence-corrected chi connectivity index (χ1v) is 5.66. The van der Waals surface area contributed by atoms with Crippen molar-refractivity contribution >= 4 is 0 Å². The zero-order valence-electron chi connectivity index (χ0n) is 8.95. The predicted molar refractivity (Wildman–Crippen MR) is 59.0 cm³/mol. The number of hydrogen-bond acceptors (Lipinski definition) is 2. The van der Waals surface area contributed by atoms with Gasteiger partial charge >= 0.3 is 0 Å². The summed E-state index contributed by atoms with van der Waals surface area (Å²) in [6.07, 6.45) is 5.57. The number of ether oxygens (including phenoxy) is 2. The van der Waals surface area contributed by atoms with E-state index in [9.17, 15) is 0 Å². The van der Waals surface area contributed by atoms with E-state index in [2.05, 4.69) is 6.07 Å². The molecule has 1 fully saturated rings. The number of hydrogen-bond donors (Lipinski definition) is 0. The lowest BCUT2D eigenvalue weighted by Crippen LogP contribution is -2.13. The van der Waals surface area contributed by atoms with Crippen LogP contribution in [0.2, 0.25) is 0 Å². The lowest BCUT2D eigenvalue weighted by molar-refractivity contribution is 0.0382. The maximum absolute atomic E-state index is 5.69. The van der Waals surface area contributed by atoms with Crippen LogP contribution in [-0.4, -0.2) is 19.3 Å². The molecular weight excluding hydrogens is 188 g/mol. The quantitative estimate of drug-likeness (QED) is 0.688. The molecule has 0 bridgehead atoms. The predicted octanol–water partition coefficient (Wildman–Crippen LogP) is 2.82. The summed E-state index contributed by atoms with van der Waals surface area (Å²) in [6, 6.07) is 10.5. The van der Waals surface area contributed by atoms with E-state index in [1.165, 1.54) is 25.7 Å². The Morgan fingerprint density at radius 2 is 1.87 bits per heavy atom. The molecule has 0 aliphatic heterocycles. The molecule has 2 rings (SSSR count). The van der Waals surface area contributed by atoms with Crippen LogP contribution in [0, 0.1) is 6.07 Å². The second kappa shape index (κ2) is 5.76. The maximum atomic E-state index is 5.69. The highest BCUT2D eigenvalue weighted by atomic mass is 16.5. The van der Waals surface area contributed by atoms with Crippen LogP contribution >= 0.6 is 0 Å². The third kappa shape index (κ3) is 3.56. The van der Waals surface area contributed by atoms with Gasteiger partial charge in [-0.2, -0.15) is 0 Å². The SMILES string of the molecule is [c]1ccc(OCCOC2CCCC2)cc1. The van der Waals surface area contributed by atoms with E-state index in [-0.39, 0.29) is 0 Å². The van der Waals surface area contributed by atoms with E-state index in [1.54, 1.807) is 0 Å². The molecular formula is C13H17O2. The van der Waals surface area contributed by atoms with Crippen LogP contribution < -0.4 is 4.74 Å². The van der Waals surface area contributed by atoms with Gasteiger partial charge in [-0.25, -0.2) is 0 Å². The van der Waals surface area contributed by atoms with Crippen molar-refractivity contribution in [2.24, 2.45) is 0 Å². The molecule has 1 radical (unpaired) electrons. The molecule has 2 heteroatoms. The Labute approximate surface area is 91.2 Å². The summed E-state index contributed by atoms with van der Waals surface area (Å²) in [5, 5.41) is 0. The molecule has 0 amide bonds. The minimum absolute atomic E-state index is 0.484. The van der Waals surface area contributed by atoms with E-state index in [0.717, 1.165) is 5.75 Å². The van der Waals surface area contributed by atoms with E-state index in [4.69, 9.17) is 9.47 Å². The van der Waals surface area contributed by atoms with Gasteiger partial charge in [0, 0.05) is 0 Å². The third-order valence-corrected chi connectivity index (χ3v) is 2.70. The Morgan fingerprint density at radius 3 is 2.60 bits per heavy atom. The molecule has 1 aliphatic carbocycles. The van der Waals surface area contributed by atoms with E-state index in [0.29, 0.717) is 19.3 Å². The maximum Gasteiger partial charge on any atom is 0.119 e. The molecule has 0 atom stereocenters. The molecule has 0 heterocycles. The molecule has 1 aromatic carbocycles. The summed E-state index contributed by atoms with van der Waals surface area (Å²) in [7, 11) is 0. The summed E-state index contributed by atoms with van der Waals surface area (Å²) in [4.78, 5) is 0. The Bertz CT molecular complexity index is 265. The van der Waals surface area contributed by atoms with Crippen LogP contribution in [0.15, 0.2) is 24.3 Å². The lowest BCUT2D eigenvalue weighted by atomic mass is 10.3. The molecule has 0 N–H and O–H groups in total. The van der Waals surface area contributed by atoms with E-state index < -0.39 is 0 Å². The monoisotopic (exact) mass is 205 g/mol. The minimum atomic E-state index is 0.484. The van der Waals surface area contributed by atoms with Crippen molar-refractivity contribution in [1.82, 2.24) is 0 Å². The van der Waals surface area contributed by atoms with E-state index in [1.807, 2.05) is 24.3 Å². The molecule has 0 aromatic heterocycles. The van der Waals surface area contributed by atoms with Crippen molar-refractivity contribution in [3.63, 3.8) is 0 Å². The van der Waals surface area contributed by atoms with Gasteiger partial charge < -0.3 is 9.47 Å². The smallest absolute Gasteiger partial charge is 0.119 e. The highest BCUT2D eigenvalue weighted by Gasteiger charge is 2.14. The summed E-state index contributed by atoms with van der Waals surface area (Å²) in [6.45, 7) is 1.34. The highest BCUT2D eigenvalue weighted by molar-refractivity contribution is 5.20. The van der Waals surface area contributed by atoms with E-state index >= 15 is 0 Å². The van der Waals surface area contributed by atoms with Gasteiger partial charge in [-0.3, -0.25) is 0 Å². The zero-order chi connectivity index (χ0) is 10.3. The first-order chi connectivity index (χ1) is 7.45. The normalized spacial score (nSPS) is 16.8. The van der Waals surface area contributed by atoms with Crippen molar-refractivity contribution in [2.45, 2.75) is 31.8 Å². The van der Waals surface area contributed by atoms with Crippen LogP contribution in [-0.2, 0) is 4.74 Å². The Kier molecular flexibility index (Phi) is 4.03. The average molecular weight is 205 g/mol. The molecule has 15 heavy (non-hydrogen) atoms. The Hall–Kier alpha value is -1.02. The zero-order valence-corrected chi connectivity index (χ0v) is 8.95. The van der Waals surface area contributed by atoms with Crippen LogP contribution in [0.4, 0.5) is 0 Å². The molecule has 0 spiro atoms. The Balaban J connectivity index is 1.59. The standard InChI is InChI=1S/C13H17O2/c1-2-6-12(7-3-1)14-10-11-15-13-8-4-5-9-13/h2-3,6-7,13H,4-5,8-11H2. The fraction of sp³-hybridized carbons (Fsp3) is 0.538. The summed E-state index contributed by atoms with van der Waals surface area (Å²) in [5.41, 5.74) is 0.